The summed E-state index contributed by atoms with van der Waals surface area (Å²) in [6.45, 7) is 3.52. The van der Waals surface area contributed by atoms with Crippen molar-refractivity contribution in [1.82, 2.24) is 20.0 Å². The monoisotopic (exact) mass is 444 g/mol. The Kier molecular flexibility index (Phi) is 6.17. The number of benzene rings is 1. The molecule has 8 nitrogen and oxygen atoms in total. The topological polar surface area (TPSA) is 90.0 Å². The zero-order valence-corrected chi connectivity index (χ0v) is 18.3. The van der Waals surface area contributed by atoms with Crippen molar-refractivity contribution in [2.45, 2.75) is 57.0 Å². The van der Waals surface area contributed by atoms with Crippen LogP contribution in [0.5, 0.6) is 0 Å². The van der Waals surface area contributed by atoms with Crippen molar-refractivity contribution in [3.05, 3.63) is 35.6 Å². The SMILES string of the molecule is CCC(=O)N1CCC2(CC1)NC(=O)N(C1CCCN(C(=O)Cc3cccc(F)c3)C1)C2=O. The van der Waals surface area contributed by atoms with Gasteiger partial charge in [0.05, 0.1) is 12.5 Å². The van der Waals surface area contributed by atoms with Gasteiger partial charge in [-0.3, -0.25) is 19.3 Å². The molecule has 4 rings (SSSR count). The molecule has 3 aliphatic rings. The van der Waals surface area contributed by atoms with E-state index in [2.05, 4.69) is 5.32 Å². The number of carbonyl (C=O) groups excluding carboxylic acids is 4. The predicted molar refractivity (Wildman–Crippen MR) is 114 cm³/mol. The van der Waals surface area contributed by atoms with Gasteiger partial charge in [-0.15, -0.1) is 0 Å². The smallest absolute Gasteiger partial charge is 0.325 e. The number of amides is 5. The Bertz CT molecular complexity index is 928. The molecule has 3 heterocycles. The van der Waals surface area contributed by atoms with Crippen molar-refractivity contribution in [2.24, 2.45) is 0 Å². The molecule has 3 aliphatic heterocycles. The number of hydrogen-bond donors (Lipinski definition) is 1. The van der Waals surface area contributed by atoms with Crippen LogP contribution in [0.1, 0.15) is 44.6 Å². The van der Waals surface area contributed by atoms with Crippen molar-refractivity contribution < 1.29 is 23.6 Å². The molecule has 0 aromatic heterocycles. The van der Waals surface area contributed by atoms with Crippen LogP contribution < -0.4 is 5.32 Å². The highest BCUT2D eigenvalue weighted by molar-refractivity contribution is 6.07. The van der Waals surface area contributed by atoms with Crippen LogP contribution in [0.4, 0.5) is 9.18 Å². The molecule has 9 heteroatoms. The molecule has 1 unspecified atom stereocenters. The zero-order chi connectivity index (χ0) is 22.9. The van der Waals surface area contributed by atoms with Gasteiger partial charge in [0.25, 0.3) is 5.91 Å². The summed E-state index contributed by atoms with van der Waals surface area (Å²) in [6.07, 6.45) is 2.61. The van der Waals surface area contributed by atoms with Gasteiger partial charge in [0.15, 0.2) is 0 Å². The summed E-state index contributed by atoms with van der Waals surface area (Å²) in [7, 11) is 0. The van der Waals surface area contributed by atoms with Gasteiger partial charge in [0.1, 0.15) is 11.4 Å². The third kappa shape index (κ3) is 4.20. The maximum absolute atomic E-state index is 13.4. The highest BCUT2D eigenvalue weighted by Gasteiger charge is 2.54. The Hall–Kier alpha value is -2.97. The number of rotatable bonds is 4. The first kappa shape index (κ1) is 22.2. The molecule has 1 atom stereocenters. The summed E-state index contributed by atoms with van der Waals surface area (Å²) in [4.78, 5) is 55.6. The maximum atomic E-state index is 13.4. The van der Waals surface area contributed by atoms with Gasteiger partial charge in [-0.1, -0.05) is 19.1 Å². The Labute approximate surface area is 186 Å². The molecule has 1 N–H and O–H groups in total. The molecule has 0 radical (unpaired) electrons. The van der Waals surface area contributed by atoms with Gasteiger partial charge in [-0.2, -0.15) is 0 Å². The van der Waals surface area contributed by atoms with E-state index >= 15 is 0 Å². The van der Waals surface area contributed by atoms with Crippen LogP contribution in [0.3, 0.4) is 0 Å². The number of nitrogens with one attached hydrogen (secondary N) is 1. The van der Waals surface area contributed by atoms with E-state index < -0.39 is 11.6 Å². The number of carbonyl (C=O) groups is 4. The van der Waals surface area contributed by atoms with Crippen LogP contribution in [-0.2, 0) is 20.8 Å². The minimum atomic E-state index is -0.963. The highest BCUT2D eigenvalue weighted by atomic mass is 19.1. The van der Waals surface area contributed by atoms with Gasteiger partial charge in [-0.05, 0) is 43.4 Å². The summed E-state index contributed by atoms with van der Waals surface area (Å²) in [5.74, 6) is -0.736. The van der Waals surface area contributed by atoms with Crippen molar-refractivity contribution in [2.75, 3.05) is 26.2 Å². The maximum Gasteiger partial charge on any atom is 0.325 e. The Morgan fingerprint density at radius 3 is 2.56 bits per heavy atom. The average molecular weight is 445 g/mol. The fraction of sp³-hybridized carbons (Fsp3) is 0.565. The van der Waals surface area contributed by atoms with Gasteiger partial charge in [0, 0.05) is 32.6 Å². The van der Waals surface area contributed by atoms with Crippen LogP contribution in [0.25, 0.3) is 0 Å². The van der Waals surface area contributed by atoms with Gasteiger partial charge >= 0.3 is 6.03 Å². The molecule has 0 saturated carbocycles. The van der Waals surface area contributed by atoms with E-state index in [1.807, 2.05) is 0 Å². The zero-order valence-electron chi connectivity index (χ0n) is 18.3. The number of likely N-dealkylation sites (tertiary alicyclic amines) is 2. The van der Waals surface area contributed by atoms with Gasteiger partial charge in [-0.25, -0.2) is 9.18 Å². The minimum Gasteiger partial charge on any atom is -0.343 e. The van der Waals surface area contributed by atoms with Crippen molar-refractivity contribution in [1.29, 1.82) is 0 Å². The Balaban J connectivity index is 1.41. The Morgan fingerprint density at radius 1 is 1.12 bits per heavy atom. The third-order valence-corrected chi connectivity index (χ3v) is 6.82. The first-order valence-electron chi connectivity index (χ1n) is 11.3. The van der Waals surface area contributed by atoms with Crippen LogP contribution in [0.15, 0.2) is 24.3 Å². The molecular weight excluding hydrogens is 415 g/mol. The second-order valence-electron chi connectivity index (χ2n) is 8.86. The average Bonchev–Trinajstić information content (AvgIpc) is 3.02. The number of urea groups is 1. The van der Waals surface area contributed by atoms with Gasteiger partial charge in [0.2, 0.25) is 11.8 Å². The first-order chi connectivity index (χ1) is 15.3. The third-order valence-electron chi connectivity index (χ3n) is 6.82. The van der Waals surface area contributed by atoms with E-state index in [4.69, 9.17) is 0 Å². The molecule has 1 aromatic rings. The highest BCUT2D eigenvalue weighted by Crippen LogP contribution is 2.32. The van der Waals surface area contributed by atoms with Crippen LogP contribution in [0.2, 0.25) is 0 Å². The lowest BCUT2D eigenvalue weighted by Gasteiger charge is -2.39. The molecule has 5 amide bonds. The summed E-state index contributed by atoms with van der Waals surface area (Å²) in [6, 6.07) is 5.15. The second-order valence-corrected chi connectivity index (χ2v) is 8.86. The normalized spacial score (nSPS) is 22.9. The van der Waals surface area contributed by atoms with E-state index in [1.54, 1.807) is 28.9 Å². The molecule has 1 aromatic carbocycles. The summed E-state index contributed by atoms with van der Waals surface area (Å²) >= 11 is 0. The van der Waals surface area contributed by atoms with E-state index in [0.717, 1.165) is 0 Å². The predicted octanol–water partition coefficient (Wildman–Crippen LogP) is 1.68. The molecule has 3 fully saturated rings. The lowest BCUT2D eigenvalue weighted by Crippen LogP contribution is -2.57. The molecule has 1 spiro atoms. The fourth-order valence-corrected chi connectivity index (χ4v) is 5.00. The van der Waals surface area contributed by atoms with E-state index in [0.29, 0.717) is 57.3 Å². The number of nitrogens with zero attached hydrogens (tertiary/aromatic N) is 3. The van der Waals surface area contributed by atoms with Crippen molar-refractivity contribution in [3.63, 3.8) is 0 Å². The second kappa shape index (κ2) is 8.88. The minimum absolute atomic E-state index is 0.0493. The quantitative estimate of drug-likeness (QED) is 0.716. The molecule has 0 bridgehead atoms. The van der Waals surface area contributed by atoms with Gasteiger partial charge < -0.3 is 15.1 Å². The molecule has 0 aliphatic carbocycles. The summed E-state index contributed by atoms with van der Waals surface area (Å²) < 4.78 is 13.4. The van der Waals surface area contributed by atoms with Crippen LogP contribution in [-0.4, -0.2) is 76.2 Å². The summed E-state index contributed by atoms with van der Waals surface area (Å²) in [5, 5.41) is 2.89. The number of hydrogen-bond acceptors (Lipinski definition) is 4. The molecule has 3 saturated heterocycles. The lowest BCUT2D eigenvalue weighted by molar-refractivity contribution is -0.141. The van der Waals surface area contributed by atoms with Crippen molar-refractivity contribution >= 4 is 23.8 Å². The standard InChI is InChI=1S/C23H29FN4O4/c1-2-19(29)26-11-8-23(9-12-26)21(31)28(22(32)25-23)18-7-4-10-27(15-18)20(30)14-16-5-3-6-17(24)13-16/h3,5-6,13,18H,2,4,7-12,14-15H2,1H3,(H,25,32). The van der Waals surface area contributed by atoms with Crippen LogP contribution >= 0.6 is 0 Å². The van der Waals surface area contributed by atoms with E-state index in [-0.39, 0.29) is 42.5 Å². The number of imide groups is 1. The first-order valence-corrected chi connectivity index (χ1v) is 11.3. The number of halogens is 1. The molecular formula is C23H29FN4O4. The van der Waals surface area contributed by atoms with E-state index in [1.165, 1.54) is 17.0 Å². The number of piperidine rings is 2. The molecule has 32 heavy (non-hydrogen) atoms. The summed E-state index contributed by atoms with van der Waals surface area (Å²) in [5.41, 5.74) is -0.366. The van der Waals surface area contributed by atoms with Crippen molar-refractivity contribution in [3.8, 4) is 0 Å². The fourth-order valence-electron chi connectivity index (χ4n) is 5.00. The van der Waals surface area contributed by atoms with E-state index in [9.17, 15) is 23.6 Å². The Morgan fingerprint density at radius 2 is 1.88 bits per heavy atom. The largest absolute Gasteiger partial charge is 0.343 e. The molecule has 172 valence electrons. The van der Waals surface area contributed by atoms with Crippen LogP contribution in [0, 0.1) is 5.82 Å². The lowest BCUT2D eigenvalue weighted by atomic mass is 9.87.